The first-order chi connectivity index (χ1) is 13.5. The van der Waals surface area contributed by atoms with Gasteiger partial charge >= 0.3 is 0 Å². The Morgan fingerprint density at radius 3 is 2.93 bits per heavy atom. The lowest BCUT2D eigenvalue weighted by molar-refractivity contribution is 0.568. The minimum Gasteiger partial charge on any atom is -0.382 e. The number of aromatic nitrogens is 4. The van der Waals surface area contributed by atoms with Crippen LogP contribution in [-0.2, 0) is 12.0 Å². The summed E-state index contributed by atoms with van der Waals surface area (Å²) in [5, 5.41) is 7.87. The lowest BCUT2D eigenvalue weighted by Crippen LogP contribution is -2.34. The summed E-state index contributed by atoms with van der Waals surface area (Å²) in [5.41, 5.74) is 4.17. The first-order valence-electron chi connectivity index (χ1n) is 9.67. The third-order valence-corrected chi connectivity index (χ3v) is 6.06. The Bertz CT molecular complexity index is 1080. The second-order valence-electron chi connectivity index (χ2n) is 7.91. The van der Waals surface area contributed by atoms with Crippen molar-refractivity contribution < 1.29 is 4.39 Å². The molecule has 1 fully saturated rings. The Kier molecular flexibility index (Phi) is 3.69. The zero-order chi connectivity index (χ0) is 19.5. The largest absolute Gasteiger partial charge is 0.382 e. The van der Waals surface area contributed by atoms with Crippen molar-refractivity contribution in [2.45, 2.75) is 44.2 Å². The SMILES string of the molecule is C=C1N[C@H](C)CCc2ncc(F)cc2C2(CC2)N(C)c2ccn3ncc1c3n2. The summed E-state index contributed by atoms with van der Waals surface area (Å²) >= 11 is 0. The summed E-state index contributed by atoms with van der Waals surface area (Å²) in [6.45, 7) is 6.32. The standard InChI is InChI=1S/C21H23FN6/c1-13-4-5-18-17(10-15(22)11-23-18)21(7-8-21)27(3)19-6-9-28-20(26-19)16(12-24-28)14(2)25-13/h6,9-13,25H,2,4-5,7-8H2,1,3H3/t13-/m1/s1. The van der Waals surface area contributed by atoms with Gasteiger partial charge in [0.2, 0.25) is 0 Å². The summed E-state index contributed by atoms with van der Waals surface area (Å²) in [6.07, 6.45) is 8.61. The quantitative estimate of drug-likeness (QED) is 0.651. The summed E-state index contributed by atoms with van der Waals surface area (Å²) in [5.74, 6) is 0.547. The minimum atomic E-state index is -0.288. The Morgan fingerprint density at radius 1 is 1.32 bits per heavy atom. The lowest BCUT2D eigenvalue weighted by atomic mass is 9.97. The number of hydrogen-bond acceptors (Lipinski definition) is 5. The van der Waals surface area contributed by atoms with Crippen LogP contribution in [0.3, 0.4) is 0 Å². The molecule has 1 saturated carbocycles. The highest BCUT2D eigenvalue weighted by Crippen LogP contribution is 2.52. The molecule has 1 spiro atoms. The number of fused-ring (bicyclic) bond motifs is 3. The van der Waals surface area contributed by atoms with Crippen molar-refractivity contribution >= 4 is 17.2 Å². The summed E-state index contributed by atoms with van der Waals surface area (Å²) in [6, 6.07) is 3.80. The second-order valence-corrected chi connectivity index (χ2v) is 7.91. The van der Waals surface area contributed by atoms with Crippen LogP contribution in [0.4, 0.5) is 10.2 Å². The third-order valence-electron chi connectivity index (χ3n) is 6.06. The fourth-order valence-corrected chi connectivity index (χ4v) is 4.25. The molecule has 2 aliphatic rings. The molecule has 0 saturated heterocycles. The highest BCUT2D eigenvalue weighted by atomic mass is 19.1. The number of aryl methyl sites for hydroxylation is 1. The van der Waals surface area contributed by atoms with E-state index in [1.54, 1.807) is 16.8 Å². The van der Waals surface area contributed by atoms with Gasteiger partial charge in [-0.2, -0.15) is 5.10 Å². The Labute approximate surface area is 163 Å². The maximum atomic E-state index is 14.1. The number of hydrogen-bond donors (Lipinski definition) is 1. The Balaban J connectivity index is 1.70. The lowest BCUT2D eigenvalue weighted by Gasteiger charge is -2.31. The molecule has 0 amide bonds. The van der Waals surface area contributed by atoms with Gasteiger partial charge in [0.25, 0.3) is 0 Å². The molecule has 3 aromatic rings. The van der Waals surface area contributed by atoms with Crippen LogP contribution < -0.4 is 10.2 Å². The third kappa shape index (κ3) is 2.57. The van der Waals surface area contributed by atoms with Crippen molar-refractivity contribution in [3.8, 4) is 0 Å². The molecule has 1 aliphatic heterocycles. The Morgan fingerprint density at radius 2 is 2.14 bits per heavy atom. The van der Waals surface area contributed by atoms with Gasteiger partial charge in [-0.05, 0) is 44.7 Å². The molecular formula is C21H23FN6. The van der Waals surface area contributed by atoms with Crippen molar-refractivity contribution in [3.63, 3.8) is 0 Å². The molecule has 3 aromatic heterocycles. The van der Waals surface area contributed by atoms with E-state index in [9.17, 15) is 4.39 Å². The first kappa shape index (κ1) is 17.2. The van der Waals surface area contributed by atoms with E-state index in [1.165, 1.54) is 6.20 Å². The van der Waals surface area contributed by atoms with Gasteiger partial charge in [-0.25, -0.2) is 13.9 Å². The van der Waals surface area contributed by atoms with Gasteiger partial charge in [-0.1, -0.05) is 6.58 Å². The van der Waals surface area contributed by atoms with Crippen molar-refractivity contribution in [3.05, 3.63) is 59.9 Å². The number of anilines is 1. The predicted molar refractivity (Wildman–Crippen MR) is 106 cm³/mol. The van der Waals surface area contributed by atoms with E-state index in [1.807, 2.05) is 19.3 Å². The van der Waals surface area contributed by atoms with Gasteiger partial charge in [0.05, 0.1) is 23.5 Å². The Hall–Kier alpha value is -2.96. The van der Waals surface area contributed by atoms with Crippen LogP contribution in [0.1, 0.15) is 43.0 Å². The van der Waals surface area contributed by atoms with Gasteiger partial charge in [-0.15, -0.1) is 0 Å². The van der Waals surface area contributed by atoms with Crippen LogP contribution in [0, 0.1) is 5.82 Å². The van der Waals surface area contributed by atoms with Crippen LogP contribution in [0.5, 0.6) is 0 Å². The number of nitrogens with zero attached hydrogens (tertiary/aromatic N) is 5. The molecule has 2 bridgehead atoms. The minimum absolute atomic E-state index is 0.193. The number of pyridine rings is 1. The number of rotatable bonds is 0. The van der Waals surface area contributed by atoms with E-state index >= 15 is 0 Å². The van der Waals surface area contributed by atoms with Gasteiger partial charge < -0.3 is 10.2 Å². The van der Waals surface area contributed by atoms with Gasteiger partial charge in [0.1, 0.15) is 11.6 Å². The number of halogens is 1. The molecule has 1 N–H and O–H groups in total. The van der Waals surface area contributed by atoms with Crippen LogP contribution in [-0.4, -0.2) is 32.7 Å². The second kappa shape index (κ2) is 6.02. The molecule has 144 valence electrons. The zero-order valence-corrected chi connectivity index (χ0v) is 16.1. The summed E-state index contributed by atoms with van der Waals surface area (Å²) in [4.78, 5) is 11.5. The molecule has 1 atom stereocenters. The average Bonchev–Trinajstić information content (AvgIpc) is 3.38. The van der Waals surface area contributed by atoms with Gasteiger partial charge in [0.15, 0.2) is 5.65 Å². The van der Waals surface area contributed by atoms with E-state index in [-0.39, 0.29) is 17.4 Å². The maximum Gasteiger partial charge on any atom is 0.166 e. The molecular weight excluding hydrogens is 355 g/mol. The van der Waals surface area contributed by atoms with Crippen molar-refractivity contribution in [2.75, 3.05) is 11.9 Å². The van der Waals surface area contributed by atoms with Crippen molar-refractivity contribution in [1.29, 1.82) is 0 Å². The number of nitrogens with one attached hydrogen (secondary N) is 1. The van der Waals surface area contributed by atoms with Gasteiger partial charge in [-0.3, -0.25) is 4.98 Å². The molecule has 0 radical (unpaired) electrons. The molecule has 0 aromatic carbocycles. The normalized spacial score (nSPS) is 21.0. The molecule has 28 heavy (non-hydrogen) atoms. The average molecular weight is 378 g/mol. The topological polar surface area (TPSA) is 58.4 Å². The highest BCUT2D eigenvalue weighted by Gasteiger charge is 2.50. The van der Waals surface area contributed by atoms with Gasteiger partial charge in [0, 0.05) is 36.2 Å². The summed E-state index contributed by atoms with van der Waals surface area (Å²) in [7, 11) is 2.03. The van der Waals surface area contributed by atoms with Crippen LogP contribution in [0.15, 0.2) is 37.3 Å². The zero-order valence-electron chi connectivity index (χ0n) is 16.1. The smallest absolute Gasteiger partial charge is 0.166 e. The molecule has 5 rings (SSSR count). The summed E-state index contributed by atoms with van der Waals surface area (Å²) < 4.78 is 15.9. The van der Waals surface area contributed by atoms with E-state index in [0.717, 1.165) is 59.7 Å². The highest BCUT2D eigenvalue weighted by molar-refractivity contribution is 5.74. The monoisotopic (exact) mass is 378 g/mol. The van der Waals surface area contributed by atoms with Crippen LogP contribution >= 0.6 is 0 Å². The van der Waals surface area contributed by atoms with E-state index in [4.69, 9.17) is 4.98 Å². The van der Waals surface area contributed by atoms with Crippen molar-refractivity contribution in [2.24, 2.45) is 0 Å². The molecule has 4 heterocycles. The van der Waals surface area contributed by atoms with E-state index in [2.05, 4.69) is 33.8 Å². The molecule has 0 unspecified atom stereocenters. The first-order valence-corrected chi connectivity index (χ1v) is 9.67. The van der Waals surface area contributed by atoms with E-state index in [0.29, 0.717) is 0 Å². The van der Waals surface area contributed by atoms with Crippen LogP contribution in [0.2, 0.25) is 0 Å². The van der Waals surface area contributed by atoms with E-state index < -0.39 is 0 Å². The van der Waals surface area contributed by atoms with Crippen molar-refractivity contribution in [1.82, 2.24) is 24.9 Å². The van der Waals surface area contributed by atoms with Crippen LogP contribution in [0.25, 0.3) is 11.3 Å². The fraction of sp³-hybridized carbons (Fsp3) is 0.381. The fourth-order valence-electron chi connectivity index (χ4n) is 4.25. The molecule has 6 nitrogen and oxygen atoms in total. The molecule has 1 aliphatic carbocycles. The molecule has 7 heteroatoms. The predicted octanol–water partition coefficient (Wildman–Crippen LogP) is 3.28. The maximum absolute atomic E-state index is 14.1.